The van der Waals surface area contributed by atoms with Gasteiger partial charge in [0, 0.05) is 13.6 Å². The van der Waals surface area contributed by atoms with Crippen LogP contribution in [0.4, 0.5) is 4.79 Å². The van der Waals surface area contributed by atoms with Gasteiger partial charge in [0.2, 0.25) is 5.91 Å². The van der Waals surface area contributed by atoms with Crippen molar-refractivity contribution >= 4 is 17.8 Å². The molecule has 1 fully saturated rings. The summed E-state index contributed by atoms with van der Waals surface area (Å²) < 4.78 is 0. The van der Waals surface area contributed by atoms with Crippen LogP contribution in [-0.4, -0.2) is 47.3 Å². The molecule has 4 amide bonds. The summed E-state index contributed by atoms with van der Waals surface area (Å²) in [5, 5.41) is 2.65. The molecule has 1 atom stereocenters. The maximum atomic E-state index is 12.3. The van der Waals surface area contributed by atoms with E-state index in [4.69, 9.17) is 0 Å². The molecule has 23 heavy (non-hydrogen) atoms. The van der Waals surface area contributed by atoms with Crippen LogP contribution >= 0.6 is 0 Å². The quantitative estimate of drug-likeness (QED) is 0.811. The highest BCUT2D eigenvalue weighted by atomic mass is 16.2. The smallest absolute Gasteiger partial charge is 0.325 e. The van der Waals surface area contributed by atoms with Crippen molar-refractivity contribution in [1.29, 1.82) is 0 Å². The van der Waals surface area contributed by atoms with E-state index in [1.807, 2.05) is 44.2 Å². The van der Waals surface area contributed by atoms with Gasteiger partial charge in [0.05, 0.1) is 0 Å². The van der Waals surface area contributed by atoms with E-state index in [2.05, 4.69) is 5.32 Å². The van der Waals surface area contributed by atoms with Gasteiger partial charge in [-0.25, -0.2) is 4.79 Å². The Morgan fingerprint density at radius 3 is 2.52 bits per heavy atom. The Kier molecular flexibility index (Phi) is 5.36. The predicted molar refractivity (Wildman–Crippen MR) is 86.4 cm³/mol. The molecule has 1 aliphatic rings. The molecular formula is C17H23N3O3. The number of nitrogens with one attached hydrogen (secondary N) is 1. The Balaban J connectivity index is 1.94. The highest BCUT2D eigenvalue weighted by Gasteiger charge is 2.39. The molecule has 6 nitrogen and oxygen atoms in total. The van der Waals surface area contributed by atoms with E-state index in [-0.39, 0.29) is 18.4 Å². The van der Waals surface area contributed by atoms with Crippen LogP contribution in [0.1, 0.15) is 25.8 Å². The van der Waals surface area contributed by atoms with Crippen LogP contribution in [0.3, 0.4) is 0 Å². The maximum absolute atomic E-state index is 12.3. The lowest BCUT2D eigenvalue weighted by Crippen LogP contribution is -2.41. The fourth-order valence-electron chi connectivity index (χ4n) is 2.56. The summed E-state index contributed by atoms with van der Waals surface area (Å²) in [6.07, 6.45) is 0.578. The van der Waals surface area contributed by atoms with Gasteiger partial charge in [-0.15, -0.1) is 0 Å². The molecule has 2 rings (SSSR count). The maximum Gasteiger partial charge on any atom is 0.325 e. The molecule has 124 valence electrons. The number of hydrogen-bond acceptors (Lipinski definition) is 3. The normalized spacial score (nSPS) is 17.6. The van der Waals surface area contributed by atoms with E-state index in [1.165, 1.54) is 4.90 Å². The van der Waals surface area contributed by atoms with Crippen LogP contribution in [0.5, 0.6) is 0 Å². The molecule has 0 bridgehead atoms. The van der Waals surface area contributed by atoms with Crippen LogP contribution in [0.25, 0.3) is 0 Å². The molecule has 1 aromatic carbocycles. The largest absolute Gasteiger partial charge is 0.340 e. The summed E-state index contributed by atoms with van der Waals surface area (Å²) in [6, 6.07) is 8.57. The van der Waals surface area contributed by atoms with E-state index in [1.54, 1.807) is 7.05 Å². The third kappa shape index (κ3) is 4.31. The Morgan fingerprint density at radius 1 is 1.26 bits per heavy atom. The molecule has 0 aromatic heterocycles. The van der Waals surface area contributed by atoms with Crippen molar-refractivity contribution in [2.24, 2.45) is 5.92 Å². The molecule has 6 heteroatoms. The third-order valence-corrected chi connectivity index (χ3v) is 3.80. The van der Waals surface area contributed by atoms with Crippen molar-refractivity contribution in [1.82, 2.24) is 15.1 Å². The summed E-state index contributed by atoms with van der Waals surface area (Å²) in [7, 11) is 1.67. The molecule has 0 unspecified atom stereocenters. The first kappa shape index (κ1) is 17.0. The van der Waals surface area contributed by atoms with Crippen molar-refractivity contribution in [2.75, 3.05) is 13.6 Å². The fraction of sp³-hybridized carbons (Fsp3) is 0.471. The monoisotopic (exact) mass is 317 g/mol. The second kappa shape index (κ2) is 7.26. The summed E-state index contributed by atoms with van der Waals surface area (Å²) in [4.78, 5) is 39.0. The van der Waals surface area contributed by atoms with Gasteiger partial charge in [-0.1, -0.05) is 44.2 Å². The van der Waals surface area contributed by atoms with Crippen LogP contribution < -0.4 is 5.32 Å². The zero-order valence-corrected chi connectivity index (χ0v) is 13.8. The van der Waals surface area contributed by atoms with E-state index in [0.29, 0.717) is 18.9 Å². The number of carbonyl (C=O) groups excluding carboxylic acids is 3. The summed E-state index contributed by atoms with van der Waals surface area (Å²) in [6.45, 7) is 4.20. The predicted octanol–water partition coefficient (Wildman–Crippen LogP) is 1.61. The highest BCUT2D eigenvalue weighted by molar-refractivity contribution is 6.06. The van der Waals surface area contributed by atoms with Gasteiger partial charge < -0.3 is 10.2 Å². The van der Waals surface area contributed by atoms with Crippen molar-refractivity contribution in [2.45, 2.75) is 32.9 Å². The fourth-order valence-corrected chi connectivity index (χ4v) is 2.56. The number of likely N-dealkylation sites (N-methyl/N-ethyl adjacent to an activating group) is 1. The number of rotatable bonds is 6. The number of urea groups is 1. The number of nitrogens with zero attached hydrogens (tertiary/aromatic N) is 2. The standard InChI is InChI=1S/C17H23N3O3/c1-12(2)9-14-16(22)20(17(23)18-14)11-15(21)19(3)10-13-7-5-4-6-8-13/h4-8,12,14H,9-11H2,1-3H3,(H,18,23)/t14-/m1/s1. The van der Waals surface area contributed by atoms with Crippen LogP contribution in [-0.2, 0) is 16.1 Å². The number of benzene rings is 1. The molecular weight excluding hydrogens is 294 g/mol. The molecule has 0 saturated carbocycles. The van der Waals surface area contributed by atoms with Crippen molar-refractivity contribution < 1.29 is 14.4 Å². The summed E-state index contributed by atoms with van der Waals surface area (Å²) in [5.74, 6) is -0.284. The number of imide groups is 1. The minimum atomic E-state index is -0.519. The Hall–Kier alpha value is -2.37. The van der Waals surface area contributed by atoms with Gasteiger partial charge in [-0.2, -0.15) is 0 Å². The van der Waals surface area contributed by atoms with E-state index in [9.17, 15) is 14.4 Å². The second-order valence-electron chi connectivity index (χ2n) is 6.29. The van der Waals surface area contributed by atoms with Crippen molar-refractivity contribution in [3.63, 3.8) is 0 Å². The Morgan fingerprint density at radius 2 is 1.91 bits per heavy atom. The summed E-state index contributed by atoms with van der Waals surface area (Å²) >= 11 is 0. The van der Waals surface area contributed by atoms with Gasteiger partial charge >= 0.3 is 6.03 Å². The lowest BCUT2D eigenvalue weighted by molar-refractivity contribution is -0.137. The SMILES string of the molecule is CC(C)C[C@H]1NC(=O)N(CC(=O)N(C)Cc2ccccc2)C1=O. The van der Waals surface area contributed by atoms with Gasteiger partial charge in [0.15, 0.2) is 0 Å². The topological polar surface area (TPSA) is 69.7 Å². The third-order valence-electron chi connectivity index (χ3n) is 3.80. The van der Waals surface area contributed by atoms with Crippen LogP contribution in [0, 0.1) is 5.92 Å². The molecule has 0 radical (unpaired) electrons. The van der Waals surface area contributed by atoms with Crippen molar-refractivity contribution in [3.8, 4) is 0 Å². The summed E-state index contributed by atoms with van der Waals surface area (Å²) in [5.41, 5.74) is 0.998. The molecule has 0 spiro atoms. The first-order valence-electron chi connectivity index (χ1n) is 7.78. The van der Waals surface area contributed by atoms with E-state index >= 15 is 0 Å². The zero-order valence-electron chi connectivity index (χ0n) is 13.8. The second-order valence-corrected chi connectivity index (χ2v) is 6.29. The molecule has 1 heterocycles. The van der Waals surface area contributed by atoms with Crippen molar-refractivity contribution in [3.05, 3.63) is 35.9 Å². The number of carbonyl (C=O) groups is 3. The van der Waals surface area contributed by atoms with E-state index < -0.39 is 12.1 Å². The molecule has 1 aliphatic heterocycles. The average molecular weight is 317 g/mol. The average Bonchev–Trinajstić information content (AvgIpc) is 2.75. The first-order valence-corrected chi connectivity index (χ1v) is 7.78. The van der Waals surface area contributed by atoms with Crippen LogP contribution in [0.2, 0.25) is 0 Å². The molecule has 1 saturated heterocycles. The lowest BCUT2D eigenvalue weighted by Gasteiger charge is -2.20. The molecule has 1 aromatic rings. The van der Waals surface area contributed by atoms with Gasteiger partial charge in [-0.3, -0.25) is 14.5 Å². The van der Waals surface area contributed by atoms with Gasteiger partial charge in [-0.05, 0) is 17.9 Å². The first-order chi connectivity index (χ1) is 10.9. The lowest BCUT2D eigenvalue weighted by atomic mass is 10.0. The number of amides is 4. The van der Waals surface area contributed by atoms with Gasteiger partial charge in [0.1, 0.15) is 12.6 Å². The highest BCUT2D eigenvalue weighted by Crippen LogP contribution is 2.14. The Bertz CT molecular complexity index is 586. The Labute approximate surface area is 136 Å². The van der Waals surface area contributed by atoms with E-state index in [0.717, 1.165) is 10.5 Å². The number of hydrogen-bond donors (Lipinski definition) is 1. The minimum Gasteiger partial charge on any atom is -0.340 e. The zero-order chi connectivity index (χ0) is 17.0. The molecule has 0 aliphatic carbocycles. The molecule has 1 N–H and O–H groups in total. The minimum absolute atomic E-state index is 0.220. The van der Waals surface area contributed by atoms with Crippen LogP contribution in [0.15, 0.2) is 30.3 Å². The van der Waals surface area contributed by atoms with Gasteiger partial charge in [0.25, 0.3) is 5.91 Å².